The van der Waals surface area contributed by atoms with Crippen LogP contribution in [-0.2, 0) is 0 Å². The fraction of sp³-hybridized carbons (Fsp3) is 0.154. The lowest BCUT2D eigenvalue weighted by molar-refractivity contribution is 0.0996. The fourth-order valence-electron chi connectivity index (χ4n) is 1.53. The second-order valence-corrected chi connectivity index (χ2v) is 3.89. The Morgan fingerprint density at radius 1 is 1.24 bits per heavy atom. The van der Waals surface area contributed by atoms with Gasteiger partial charge in [0, 0.05) is 11.3 Å². The average molecular weight is 231 g/mol. The SMILES string of the molecule is Cc1cc(NC(=O)c2occc2C)ccc1O. The molecule has 2 N–H and O–H groups in total. The minimum atomic E-state index is -0.294. The highest BCUT2D eigenvalue weighted by Crippen LogP contribution is 2.21. The Hall–Kier alpha value is -2.23. The number of carbonyl (C=O) groups is 1. The predicted octanol–water partition coefficient (Wildman–Crippen LogP) is 2.85. The number of nitrogens with one attached hydrogen (secondary N) is 1. The lowest BCUT2D eigenvalue weighted by Gasteiger charge is -2.06. The molecule has 4 heteroatoms. The van der Waals surface area contributed by atoms with Gasteiger partial charge in [-0.15, -0.1) is 0 Å². The second-order valence-electron chi connectivity index (χ2n) is 3.89. The van der Waals surface area contributed by atoms with Gasteiger partial charge in [-0.25, -0.2) is 0 Å². The highest BCUT2D eigenvalue weighted by atomic mass is 16.3. The molecule has 88 valence electrons. The van der Waals surface area contributed by atoms with E-state index in [4.69, 9.17) is 4.42 Å². The van der Waals surface area contributed by atoms with Gasteiger partial charge < -0.3 is 14.8 Å². The van der Waals surface area contributed by atoms with Gasteiger partial charge in [-0.05, 0) is 43.7 Å². The molecule has 4 nitrogen and oxygen atoms in total. The van der Waals surface area contributed by atoms with Crippen LogP contribution in [0.4, 0.5) is 5.69 Å². The van der Waals surface area contributed by atoms with Crippen LogP contribution in [0.2, 0.25) is 0 Å². The van der Waals surface area contributed by atoms with Crippen LogP contribution in [0, 0.1) is 13.8 Å². The summed E-state index contributed by atoms with van der Waals surface area (Å²) in [6, 6.07) is 6.61. The van der Waals surface area contributed by atoms with Crippen molar-refractivity contribution in [2.45, 2.75) is 13.8 Å². The molecule has 0 unspecified atom stereocenters. The standard InChI is InChI=1S/C13H13NO3/c1-8-5-6-17-12(8)13(16)14-10-3-4-11(15)9(2)7-10/h3-7,15H,1-2H3,(H,14,16). The van der Waals surface area contributed by atoms with E-state index >= 15 is 0 Å². The predicted molar refractivity (Wildman–Crippen MR) is 64.2 cm³/mol. The molecule has 0 saturated carbocycles. The molecule has 0 aliphatic rings. The summed E-state index contributed by atoms with van der Waals surface area (Å²) in [6.45, 7) is 3.57. The average Bonchev–Trinajstić information content (AvgIpc) is 2.70. The first-order valence-electron chi connectivity index (χ1n) is 5.23. The lowest BCUT2D eigenvalue weighted by atomic mass is 10.2. The van der Waals surface area contributed by atoms with Crippen LogP contribution in [-0.4, -0.2) is 11.0 Å². The van der Waals surface area contributed by atoms with E-state index in [9.17, 15) is 9.90 Å². The number of amides is 1. The summed E-state index contributed by atoms with van der Waals surface area (Å²) in [5.41, 5.74) is 2.12. The van der Waals surface area contributed by atoms with Gasteiger partial charge in [-0.2, -0.15) is 0 Å². The molecule has 0 fully saturated rings. The Bertz CT molecular complexity index is 558. The first kappa shape index (κ1) is 11.3. The van der Waals surface area contributed by atoms with Gasteiger partial charge in [-0.3, -0.25) is 4.79 Å². The van der Waals surface area contributed by atoms with Crippen molar-refractivity contribution in [2.24, 2.45) is 0 Å². The summed E-state index contributed by atoms with van der Waals surface area (Å²) < 4.78 is 5.09. The molecule has 1 aromatic heterocycles. The van der Waals surface area contributed by atoms with E-state index in [1.165, 1.54) is 6.26 Å². The first-order chi connectivity index (χ1) is 8.08. The Balaban J connectivity index is 2.19. The molecule has 0 atom stereocenters. The molecule has 0 aliphatic heterocycles. The van der Waals surface area contributed by atoms with Crippen molar-refractivity contribution in [1.82, 2.24) is 0 Å². The third-order valence-corrected chi connectivity index (χ3v) is 2.52. The van der Waals surface area contributed by atoms with Crippen LogP contribution in [0.1, 0.15) is 21.7 Å². The molecule has 0 spiro atoms. The maximum Gasteiger partial charge on any atom is 0.291 e. The number of aromatic hydroxyl groups is 1. The van der Waals surface area contributed by atoms with Crippen LogP contribution in [0.5, 0.6) is 5.75 Å². The molecule has 0 saturated heterocycles. The zero-order valence-electron chi connectivity index (χ0n) is 9.65. The van der Waals surface area contributed by atoms with E-state index in [1.807, 2.05) is 0 Å². The van der Waals surface area contributed by atoms with E-state index in [0.717, 1.165) is 5.56 Å². The number of carbonyl (C=O) groups excluding carboxylic acids is 1. The topological polar surface area (TPSA) is 62.5 Å². The fourth-order valence-corrected chi connectivity index (χ4v) is 1.53. The zero-order chi connectivity index (χ0) is 12.4. The van der Waals surface area contributed by atoms with Crippen molar-refractivity contribution in [3.05, 3.63) is 47.4 Å². The Morgan fingerprint density at radius 2 is 2.00 bits per heavy atom. The van der Waals surface area contributed by atoms with E-state index in [2.05, 4.69) is 5.32 Å². The Morgan fingerprint density at radius 3 is 2.59 bits per heavy atom. The molecule has 2 rings (SSSR count). The van der Waals surface area contributed by atoms with Gasteiger partial charge in [-0.1, -0.05) is 0 Å². The summed E-state index contributed by atoms with van der Waals surface area (Å²) in [5, 5.41) is 12.1. The number of aryl methyl sites for hydroxylation is 2. The third kappa shape index (κ3) is 2.30. The molecule has 0 radical (unpaired) electrons. The minimum Gasteiger partial charge on any atom is -0.508 e. The van der Waals surface area contributed by atoms with Crippen LogP contribution < -0.4 is 5.32 Å². The number of furan rings is 1. The van der Waals surface area contributed by atoms with E-state index < -0.39 is 0 Å². The third-order valence-electron chi connectivity index (χ3n) is 2.52. The van der Waals surface area contributed by atoms with Crippen molar-refractivity contribution in [1.29, 1.82) is 0 Å². The quantitative estimate of drug-likeness (QED) is 0.781. The molecule has 2 aromatic rings. The number of benzene rings is 1. The lowest BCUT2D eigenvalue weighted by Crippen LogP contribution is -2.12. The smallest absolute Gasteiger partial charge is 0.291 e. The molecule has 1 heterocycles. The summed E-state index contributed by atoms with van der Waals surface area (Å²) in [5.74, 6) is 0.213. The summed E-state index contributed by atoms with van der Waals surface area (Å²) in [6.07, 6.45) is 1.48. The highest BCUT2D eigenvalue weighted by Gasteiger charge is 2.12. The van der Waals surface area contributed by atoms with Gasteiger partial charge in [0.2, 0.25) is 0 Å². The number of hydrogen-bond donors (Lipinski definition) is 2. The van der Waals surface area contributed by atoms with Gasteiger partial charge >= 0.3 is 0 Å². The van der Waals surface area contributed by atoms with E-state index in [1.54, 1.807) is 38.1 Å². The summed E-state index contributed by atoms with van der Waals surface area (Å²) in [4.78, 5) is 11.8. The number of phenols is 1. The second kappa shape index (κ2) is 4.33. The van der Waals surface area contributed by atoms with Crippen molar-refractivity contribution >= 4 is 11.6 Å². The molecule has 1 amide bonds. The number of rotatable bonds is 2. The van der Waals surface area contributed by atoms with Gasteiger partial charge in [0.15, 0.2) is 5.76 Å². The Kier molecular flexibility index (Phi) is 2.87. The molecule has 0 aliphatic carbocycles. The van der Waals surface area contributed by atoms with Gasteiger partial charge in [0.05, 0.1) is 6.26 Å². The Labute approximate surface area is 98.9 Å². The van der Waals surface area contributed by atoms with E-state index in [0.29, 0.717) is 17.0 Å². The maximum atomic E-state index is 11.8. The normalized spacial score (nSPS) is 10.2. The highest BCUT2D eigenvalue weighted by molar-refractivity contribution is 6.03. The van der Waals surface area contributed by atoms with Crippen molar-refractivity contribution in [3.8, 4) is 5.75 Å². The van der Waals surface area contributed by atoms with Gasteiger partial charge in [0.1, 0.15) is 5.75 Å². The number of anilines is 1. The van der Waals surface area contributed by atoms with Crippen LogP contribution in [0.15, 0.2) is 34.9 Å². The summed E-state index contributed by atoms with van der Waals surface area (Å²) >= 11 is 0. The van der Waals surface area contributed by atoms with E-state index in [-0.39, 0.29) is 11.7 Å². The number of hydrogen-bond acceptors (Lipinski definition) is 3. The van der Waals surface area contributed by atoms with Gasteiger partial charge in [0.25, 0.3) is 5.91 Å². The first-order valence-corrected chi connectivity index (χ1v) is 5.23. The van der Waals surface area contributed by atoms with Crippen molar-refractivity contribution in [2.75, 3.05) is 5.32 Å². The number of phenolic OH excluding ortho intramolecular Hbond substituents is 1. The summed E-state index contributed by atoms with van der Waals surface area (Å²) in [7, 11) is 0. The largest absolute Gasteiger partial charge is 0.508 e. The minimum absolute atomic E-state index is 0.206. The maximum absolute atomic E-state index is 11.8. The molecule has 17 heavy (non-hydrogen) atoms. The molecular formula is C13H13NO3. The van der Waals surface area contributed by atoms with Crippen molar-refractivity contribution < 1.29 is 14.3 Å². The van der Waals surface area contributed by atoms with Crippen LogP contribution in [0.25, 0.3) is 0 Å². The molecule has 1 aromatic carbocycles. The van der Waals surface area contributed by atoms with Crippen LogP contribution in [0.3, 0.4) is 0 Å². The van der Waals surface area contributed by atoms with Crippen molar-refractivity contribution in [3.63, 3.8) is 0 Å². The van der Waals surface area contributed by atoms with Crippen LogP contribution >= 0.6 is 0 Å². The molecule has 0 bridgehead atoms. The zero-order valence-corrected chi connectivity index (χ0v) is 9.65. The monoisotopic (exact) mass is 231 g/mol. The molecular weight excluding hydrogens is 218 g/mol.